The lowest BCUT2D eigenvalue weighted by Gasteiger charge is -2.62. The van der Waals surface area contributed by atoms with Crippen LogP contribution in [0.2, 0.25) is 0 Å². The van der Waals surface area contributed by atoms with Crippen LogP contribution in [0.3, 0.4) is 0 Å². The summed E-state index contributed by atoms with van der Waals surface area (Å²) in [5.41, 5.74) is 1.48. The van der Waals surface area contributed by atoms with E-state index in [1.807, 2.05) is 50.1 Å². The third-order valence-corrected chi connectivity index (χ3v) is 11.0. The third-order valence-electron chi connectivity index (χ3n) is 11.0. The molecule has 0 aromatic heterocycles. The van der Waals surface area contributed by atoms with Gasteiger partial charge in [0, 0.05) is 25.7 Å². The van der Waals surface area contributed by atoms with Gasteiger partial charge in [-0.1, -0.05) is 32.4 Å². The van der Waals surface area contributed by atoms with Gasteiger partial charge in [0.1, 0.15) is 5.92 Å². The number of rotatable bonds is 4. The van der Waals surface area contributed by atoms with Crippen LogP contribution >= 0.6 is 0 Å². The predicted octanol–water partition coefficient (Wildman–Crippen LogP) is 5.48. The lowest BCUT2D eigenvalue weighted by Crippen LogP contribution is -2.65. The number of amides is 3. The Hall–Kier alpha value is -2.37. The van der Waals surface area contributed by atoms with Gasteiger partial charge < -0.3 is 15.5 Å². The molecule has 0 radical (unpaired) electrons. The molecule has 2 unspecified atom stereocenters. The molecule has 7 atom stereocenters. The molecule has 0 spiro atoms. The lowest BCUT2D eigenvalue weighted by atomic mass is 9.47. The van der Waals surface area contributed by atoms with Crippen molar-refractivity contribution in [1.29, 1.82) is 0 Å². The zero-order chi connectivity index (χ0) is 26.8. The van der Waals surface area contributed by atoms with E-state index in [0.29, 0.717) is 17.8 Å². The monoisotopic (exact) mass is 507 g/mol. The maximum Gasteiger partial charge on any atom is 0.235 e. The van der Waals surface area contributed by atoms with Gasteiger partial charge in [0.15, 0.2) is 0 Å². The van der Waals surface area contributed by atoms with Crippen LogP contribution in [0.4, 0.5) is 5.69 Å². The molecule has 1 aliphatic heterocycles. The van der Waals surface area contributed by atoms with Crippen molar-refractivity contribution >= 4 is 23.4 Å². The van der Waals surface area contributed by atoms with Gasteiger partial charge in [0.05, 0.1) is 5.54 Å². The minimum Gasteiger partial charge on any atom is -0.346 e. The highest BCUT2D eigenvalue weighted by Gasteiger charge is 2.61. The number of piperidine rings is 1. The third kappa shape index (κ3) is 4.38. The van der Waals surface area contributed by atoms with E-state index in [1.165, 1.54) is 45.4 Å². The molecule has 0 bridgehead atoms. The SMILES string of the molecule is CC(=O)Nc1ccc(C(C)(C)NC(=O)C2C[C@@]3(C)C(CC[C@@H]4[C@H]3CC[C@]3(C)CCC[C@@H]43)N(C)C2=O)cc1. The molecule has 202 valence electrons. The van der Waals surface area contributed by atoms with Crippen LogP contribution in [0.5, 0.6) is 0 Å². The Morgan fingerprint density at radius 3 is 2.38 bits per heavy atom. The zero-order valence-electron chi connectivity index (χ0n) is 23.5. The molecule has 37 heavy (non-hydrogen) atoms. The average Bonchev–Trinajstić information content (AvgIpc) is 3.23. The van der Waals surface area contributed by atoms with E-state index in [1.54, 1.807) is 0 Å². The molecular weight excluding hydrogens is 462 g/mol. The smallest absolute Gasteiger partial charge is 0.235 e. The molecule has 6 nitrogen and oxygen atoms in total. The van der Waals surface area contributed by atoms with Gasteiger partial charge in [0.25, 0.3) is 0 Å². The first kappa shape index (κ1) is 26.2. The first-order valence-corrected chi connectivity index (χ1v) is 14.3. The first-order chi connectivity index (χ1) is 17.4. The number of likely N-dealkylation sites (tertiary alicyclic amines) is 1. The number of carbonyl (C=O) groups is 3. The van der Waals surface area contributed by atoms with Gasteiger partial charge in [-0.25, -0.2) is 0 Å². The Morgan fingerprint density at radius 2 is 1.70 bits per heavy atom. The summed E-state index contributed by atoms with van der Waals surface area (Å²) < 4.78 is 0. The Balaban J connectivity index is 1.35. The number of hydrogen-bond donors (Lipinski definition) is 2. The number of benzene rings is 1. The van der Waals surface area contributed by atoms with E-state index in [0.717, 1.165) is 29.5 Å². The van der Waals surface area contributed by atoms with Crippen LogP contribution in [0.1, 0.15) is 91.5 Å². The predicted molar refractivity (Wildman–Crippen MR) is 146 cm³/mol. The van der Waals surface area contributed by atoms with Crippen molar-refractivity contribution in [2.45, 2.75) is 97.6 Å². The van der Waals surface area contributed by atoms with Crippen molar-refractivity contribution < 1.29 is 14.4 Å². The van der Waals surface area contributed by atoms with E-state index in [4.69, 9.17) is 0 Å². The summed E-state index contributed by atoms with van der Waals surface area (Å²) in [5.74, 6) is 1.15. The maximum absolute atomic E-state index is 13.8. The fourth-order valence-electron chi connectivity index (χ4n) is 9.12. The molecule has 4 aliphatic rings. The molecule has 3 amide bonds. The van der Waals surface area contributed by atoms with Gasteiger partial charge in [-0.05, 0) is 105 Å². The van der Waals surface area contributed by atoms with Crippen LogP contribution in [-0.4, -0.2) is 35.7 Å². The van der Waals surface area contributed by atoms with E-state index in [2.05, 4.69) is 24.5 Å². The number of anilines is 1. The molecule has 6 heteroatoms. The summed E-state index contributed by atoms with van der Waals surface area (Å²) in [7, 11) is 1.93. The summed E-state index contributed by atoms with van der Waals surface area (Å²) in [5, 5.41) is 5.99. The van der Waals surface area contributed by atoms with E-state index < -0.39 is 11.5 Å². The molecule has 1 aromatic rings. The van der Waals surface area contributed by atoms with Crippen molar-refractivity contribution in [2.24, 2.45) is 34.5 Å². The maximum atomic E-state index is 13.8. The summed E-state index contributed by atoms with van der Waals surface area (Å²) in [4.78, 5) is 40.6. The van der Waals surface area contributed by atoms with E-state index in [-0.39, 0.29) is 29.2 Å². The van der Waals surface area contributed by atoms with Crippen LogP contribution < -0.4 is 10.6 Å². The summed E-state index contributed by atoms with van der Waals surface area (Å²) in [6.07, 6.45) is 9.53. The molecule has 1 aromatic carbocycles. The van der Waals surface area contributed by atoms with Gasteiger partial charge in [-0.3, -0.25) is 14.4 Å². The summed E-state index contributed by atoms with van der Waals surface area (Å²) >= 11 is 0. The standard InChI is InChI=1S/C31H45N3O3/c1-19(35)32-21-11-9-20(10-12-21)29(2,3)33-27(36)23-18-31(5)25-15-17-30(4)16-7-8-24(30)22(25)13-14-26(31)34(6)28(23)37/h9-12,22-26H,7-8,13-18H2,1-6H3,(H,32,35)(H,33,36)/t22-,23?,24-,25+,26?,30-,31+/m0/s1. The van der Waals surface area contributed by atoms with Gasteiger partial charge in [-0.2, -0.15) is 0 Å². The van der Waals surface area contributed by atoms with Crippen molar-refractivity contribution in [1.82, 2.24) is 10.2 Å². The van der Waals surface area contributed by atoms with Crippen LogP contribution in [0.25, 0.3) is 0 Å². The zero-order valence-corrected chi connectivity index (χ0v) is 23.5. The molecule has 2 N–H and O–H groups in total. The number of nitrogens with one attached hydrogen (secondary N) is 2. The fourth-order valence-corrected chi connectivity index (χ4v) is 9.12. The van der Waals surface area contributed by atoms with E-state index in [9.17, 15) is 14.4 Å². The van der Waals surface area contributed by atoms with Gasteiger partial charge >= 0.3 is 0 Å². The van der Waals surface area contributed by atoms with E-state index >= 15 is 0 Å². The number of carbonyl (C=O) groups excluding carboxylic acids is 3. The highest BCUT2D eigenvalue weighted by molar-refractivity contribution is 6.01. The van der Waals surface area contributed by atoms with Crippen molar-refractivity contribution in [2.75, 3.05) is 12.4 Å². The average molecular weight is 508 g/mol. The topological polar surface area (TPSA) is 78.5 Å². The Morgan fingerprint density at radius 1 is 1.00 bits per heavy atom. The highest BCUT2D eigenvalue weighted by Crippen LogP contribution is 2.65. The second kappa shape index (κ2) is 9.13. The molecule has 1 saturated heterocycles. The van der Waals surface area contributed by atoms with Crippen molar-refractivity contribution in [3.63, 3.8) is 0 Å². The minimum absolute atomic E-state index is 0.0261. The molecule has 1 heterocycles. The molecular formula is C31H45N3O3. The first-order valence-electron chi connectivity index (χ1n) is 14.3. The lowest BCUT2D eigenvalue weighted by molar-refractivity contribution is -0.169. The van der Waals surface area contributed by atoms with Gasteiger partial charge in [0.2, 0.25) is 17.7 Å². The van der Waals surface area contributed by atoms with Crippen molar-refractivity contribution in [3.05, 3.63) is 29.8 Å². The number of hydrogen-bond acceptors (Lipinski definition) is 3. The van der Waals surface area contributed by atoms with Crippen LogP contribution in [0, 0.1) is 34.5 Å². The molecule has 3 aliphatic carbocycles. The van der Waals surface area contributed by atoms with Crippen molar-refractivity contribution in [3.8, 4) is 0 Å². The molecule has 5 rings (SSSR count). The van der Waals surface area contributed by atoms with Crippen LogP contribution in [-0.2, 0) is 19.9 Å². The quantitative estimate of drug-likeness (QED) is 0.530. The second-order valence-electron chi connectivity index (χ2n) is 13.6. The molecule has 3 saturated carbocycles. The Labute approximate surface area is 222 Å². The Bertz CT molecular complexity index is 1080. The van der Waals surface area contributed by atoms with Gasteiger partial charge in [-0.15, -0.1) is 0 Å². The van der Waals surface area contributed by atoms with Crippen LogP contribution in [0.15, 0.2) is 24.3 Å². The normalized spacial score (nSPS) is 37.3. The summed E-state index contributed by atoms with van der Waals surface area (Å²) in [6.45, 7) is 10.3. The molecule has 4 fully saturated rings. The minimum atomic E-state index is -0.653. The fraction of sp³-hybridized carbons (Fsp3) is 0.710. The summed E-state index contributed by atoms with van der Waals surface area (Å²) in [6, 6.07) is 7.76. The largest absolute Gasteiger partial charge is 0.346 e. The second-order valence-corrected chi connectivity index (χ2v) is 13.6. The number of fused-ring (bicyclic) bond motifs is 5. The Kier molecular flexibility index (Phi) is 6.48. The number of nitrogens with zero attached hydrogens (tertiary/aromatic N) is 1. The highest BCUT2D eigenvalue weighted by atomic mass is 16.2.